The Labute approximate surface area is 209 Å². The van der Waals surface area contributed by atoms with Gasteiger partial charge in [-0.25, -0.2) is 0 Å². The SMILES string of the molecule is NC(=O)[C@@H](Cc1ccc(OCc2ccccc2)cc1)NC(=O)c1c2ccccc2cc2ccccc12. The summed E-state index contributed by atoms with van der Waals surface area (Å²) in [6.45, 7) is 0.471. The van der Waals surface area contributed by atoms with E-state index in [0.717, 1.165) is 38.4 Å². The maximum Gasteiger partial charge on any atom is 0.253 e. The molecule has 0 saturated heterocycles. The van der Waals surface area contributed by atoms with Gasteiger partial charge in [0.25, 0.3) is 5.91 Å². The zero-order valence-electron chi connectivity index (χ0n) is 19.7. The molecule has 0 radical (unpaired) electrons. The fourth-order valence-corrected chi connectivity index (χ4v) is 4.41. The number of carbonyl (C=O) groups excluding carboxylic acids is 2. The van der Waals surface area contributed by atoms with Crippen LogP contribution < -0.4 is 15.8 Å². The van der Waals surface area contributed by atoms with Gasteiger partial charge in [0.1, 0.15) is 18.4 Å². The standard InChI is InChI=1S/C31H26N2O3/c32-30(34)28(18-21-14-16-25(17-15-21)36-20-22-8-2-1-3-9-22)33-31(35)29-26-12-6-4-10-23(26)19-24-11-5-7-13-27(24)29/h1-17,19,28H,18,20H2,(H2,32,34)(H,33,35)/t28-/m1/s1. The van der Waals surface area contributed by atoms with Crippen molar-refractivity contribution >= 4 is 33.4 Å². The molecular weight excluding hydrogens is 448 g/mol. The average Bonchev–Trinajstić information content (AvgIpc) is 2.91. The zero-order valence-corrected chi connectivity index (χ0v) is 19.7. The second kappa shape index (κ2) is 10.3. The van der Waals surface area contributed by atoms with Crippen molar-refractivity contribution in [2.45, 2.75) is 19.1 Å². The van der Waals surface area contributed by atoms with E-state index in [1.807, 2.05) is 103 Å². The second-order valence-electron chi connectivity index (χ2n) is 8.74. The summed E-state index contributed by atoms with van der Waals surface area (Å²) in [5.41, 5.74) is 8.19. The van der Waals surface area contributed by atoms with Crippen molar-refractivity contribution in [3.63, 3.8) is 0 Å². The lowest BCUT2D eigenvalue weighted by molar-refractivity contribution is -0.119. The summed E-state index contributed by atoms with van der Waals surface area (Å²) in [4.78, 5) is 25.8. The molecule has 36 heavy (non-hydrogen) atoms. The van der Waals surface area contributed by atoms with Crippen LogP contribution in [0, 0.1) is 0 Å². The third kappa shape index (κ3) is 5.05. The Morgan fingerprint density at radius 3 is 1.92 bits per heavy atom. The molecule has 0 saturated carbocycles. The van der Waals surface area contributed by atoms with Crippen LogP contribution in [0.15, 0.2) is 109 Å². The van der Waals surface area contributed by atoms with Crippen LogP contribution in [-0.4, -0.2) is 17.9 Å². The minimum Gasteiger partial charge on any atom is -0.489 e. The highest BCUT2D eigenvalue weighted by Gasteiger charge is 2.22. The quantitative estimate of drug-likeness (QED) is 0.296. The molecule has 0 bridgehead atoms. The predicted octanol–water partition coefficient (Wildman–Crippen LogP) is 5.40. The van der Waals surface area contributed by atoms with E-state index in [9.17, 15) is 9.59 Å². The van der Waals surface area contributed by atoms with E-state index < -0.39 is 11.9 Å². The number of ether oxygens (including phenoxy) is 1. The Kier molecular flexibility index (Phi) is 6.63. The van der Waals surface area contributed by atoms with Crippen LogP contribution in [-0.2, 0) is 17.8 Å². The molecule has 5 aromatic carbocycles. The molecule has 5 aromatic rings. The molecular formula is C31H26N2O3. The van der Waals surface area contributed by atoms with Gasteiger partial charge in [0.2, 0.25) is 5.91 Å². The molecule has 5 nitrogen and oxygen atoms in total. The zero-order chi connectivity index (χ0) is 24.9. The Morgan fingerprint density at radius 2 is 1.31 bits per heavy atom. The monoisotopic (exact) mass is 474 g/mol. The lowest BCUT2D eigenvalue weighted by atomic mass is 9.95. The summed E-state index contributed by atoms with van der Waals surface area (Å²) in [6, 6.07) is 34.1. The smallest absolute Gasteiger partial charge is 0.253 e. The van der Waals surface area contributed by atoms with Crippen molar-refractivity contribution in [3.8, 4) is 5.75 Å². The van der Waals surface area contributed by atoms with Gasteiger partial charge in [-0.2, -0.15) is 0 Å². The molecule has 2 amide bonds. The summed E-state index contributed by atoms with van der Waals surface area (Å²) >= 11 is 0. The average molecular weight is 475 g/mol. The molecule has 3 N–H and O–H groups in total. The number of carbonyl (C=O) groups is 2. The molecule has 0 unspecified atom stereocenters. The number of rotatable bonds is 8. The van der Waals surface area contributed by atoms with E-state index in [1.165, 1.54) is 0 Å². The molecule has 5 heteroatoms. The maximum atomic E-state index is 13.5. The molecule has 0 aliphatic rings. The molecule has 0 aliphatic heterocycles. The van der Waals surface area contributed by atoms with Crippen LogP contribution in [0.4, 0.5) is 0 Å². The fraction of sp³-hybridized carbons (Fsp3) is 0.0968. The number of fused-ring (bicyclic) bond motifs is 2. The van der Waals surface area contributed by atoms with E-state index in [-0.39, 0.29) is 12.3 Å². The lowest BCUT2D eigenvalue weighted by Crippen LogP contribution is -2.46. The summed E-state index contributed by atoms with van der Waals surface area (Å²) in [6.07, 6.45) is 0.280. The highest BCUT2D eigenvalue weighted by atomic mass is 16.5. The predicted molar refractivity (Wildman–Crippen MR) is 143 cm³/mol. The van der Waals surface area contributed by atoms with Crippen LogP contribution in [0.1, 0.15) is 21.5 Å². The molecule has 1 atom stereocenters. The van der Waals surface area contributed by atoms with E-state index >= 15 is 0 Å². The Morgan fingerprint density at radius 1 is 0.722 bits per heavy atom. The van der Waals surface area contributed by atoms with Crippen LogP contribution >= 0.6 is 0 Å². The molecule has 0 heterocycles. The number of benzene rings is 5. The molecule has 0 fully saturated rings. The fourth-order valence-electron chi connectivity index (χ4n) is 4.41. The van der Waals surface area contributed by atoms with Crippen LogP contribution in [0.2, 0.25) is 0 Å². The van der Waals surface area contributed by atoms with E-state index in [1.54, 1.807) is 0 Å². The number of primary amides is 1. The molecule has 178 valence electrons. The Balaban J connectivity index is 1.34. The number of nitrogens with two attached hydrogens (primary N) is 1. The van der Waals surface area contributed by atoms with Crippen molar-refractivity contribution < 1.29 is 14.3 Å². The molecule has 0 aromatic heterocycles. The number of nitrogens with one attached hydrogen (secondary N) is 1. The number of hydrogen-bond acceptors (Lipinski definition) is 3. The van der Waals surface area contributed by atoms with E-state index in [0.29, 0.717) is 12.2 Å². The van der Waals surface area contributed by atoms with Crippen LogP contribution in [0.5, 0.6) is 5.75 Å². The van der Waals surface area contributed by atoms with Gasteiger partial charge in [0.05, 0.1) is 5.56 Å². The second-order valence-corrected chi connectivity index (χ2v) is 8.74. The Hall–Kier alpha value is -4.64. The first-order chi connectivity index (χ1) is 17.6. The highest BCUT2D eigenvalue weighted by molar-refractivity contribution is 6.18. The summed E-state index contributed by atoms with van der Waals surface area (Å²) < 4.78 is 5.84. The molecule has 5 rings (SSSR count). The maximum absolute atomic E-state index is 13.5. The number of amides is 2. The lowest BCUT2D eigenvalue weighted by Gasteiger charge is -2.18. The van der Waals surface area contributed by atoms with Gasteiger partial charge in [0.15, 0.2) is 0 Å². The van der Waals surface area contributed by atoms with Gasteiger partial charge < -0.3 is 15.8 Å². The van der Waals surface area contributed by atoms with Gasteiger partial charge in [-0.15, -0.1) is 0 Å². The van der Waals surface area contributed by atoms with Gasteiger partial charge in [-0.1, -0.05) is 91.0 Å². The van der Waals surface area contributed by atoms with Crippen molar-refractivity contribution in [1.82, 2.24) is 5.32 Å². The largest absolute Gasteiger partial charge is 0.489 e. The van der Waals surface area contributed by atoms with Crippen molar-refractivity contribution in [3.05, 3.63) is 126 Å². The van der Waals surface area contributed by atoms with Crippen LogP contribution in [0.3, 0.4) is 0 Å². The van der Waals surface area contributed by atoms with E-state index in [2.05, 4.69) is 11.4 Å². The van der Waals surface area contributed by atoms with Crippen molar-refractivity contribution in [2.75, 3.05) is 0 Å². The Bertz CT molecular complexity index is 1470. The first-order valence-corrected chi connectivity index (χ1v) is 11.8. The van der Waals surface area contributed by atoms with Gasteiger partial charge >= 0.3 is 0 Å². The normalized spacial score (nSPS) is 11.8. The first kappa shape index (κ1) is 23.1. The van der Waals surface area contributed by atoms with Crippen molar-refractivity contribution in [1.29, 1.82) is 0 Å². The topological polar surface area (TPSA) is 81.4 Å². The summed E-state index contributed by atoms with van der Waals surface area (Å²) in [5, 5.41) is 6.47. The van der Waals surface area contributed by atoms with Gasteiger partial charge in [0, 0.05) is 6.42 Å². The third-order valence-corrected chi connectivity index (χ3v) is 6.26. The van der Waals surface area contributed by atoms with E-state index in [4.69, 9.17) is 10.5 Å². The minimum absolute atomic E-state index is 0.280. The van der Waals surface area contributed by atoms with Crippen molar-refractivity contribution in [2.24, 2.45) is 5.73 Å². The highest BCUT2D eigenvalue weighted by Crippen LogP contribution is 2.28. The van der Waals surface area contributed by atoms with Crippen LogP contribution in [0.25, 0.3) is 21.5 Å². The minimum atomic E-state index is -0.855. The summed E-state index contributed by atoms with van der Waals surface area (Å²) in [5.74, 6) is -0.184. The summed E-state index contributed by atoms with van der Waals surface area (Å²) in [7, 11) is 0. The number of hydrogen-bond donors (Lipinski definition) is 2. The molecule has 0 aliphatic carbocycles. The van der Waals surface area contributed by atoms with Gasteiger partial charge in [-0.3, -0.25) is 9.59 Å². The first-order valence-electron chi connectivity index (χ1n) is 11.8. The third-order valence-electron chi connectivity index (χ3n) is 6.26. The molecule has 0 spiro atoms. The van der Waals surface area contributed by atoms with Gasteiger partial charge in [-0.05, 0) is 50.9 Å².